The summed E-state index contributed by atoms with van der Waals surface area (Å²) in [5.41, 5.74) is 3.48. The fraction of sp³-hybridized carbons (Fsp3) is 0.211. The van der Waals surface area contributed by atoms with Gasteiger partial charge in [0.25, 0.3) is 0 Å². The summed E-state index contributed by atoms with van der Waals surface area (Å²) in [6.45, 7) is 3.88. The molecule has 5 nitrogen and oxygen atoms in total. The molecular formula is C19H18ClN3O2S. The molecule has 1 saturated heterocycles. The molecular weight excluding hydrogens is 370 g/mol. The smallest absolute Gasteiger partial charge is 0.240 e. The van der Waals surface area contributed by atoms with E-state index in [-0.39, 0.29) is 18.2 Å². The van der Waals surface area contributed by atoms with Gasteiger partial charge in [0, 0.05) is 17.1 Å². The van der Waals surface area contributed by atoms with Crippen LogP contribution in [0, 0.1) is 13.8 Å². The first-order chi connectivity index (χ1) is 12.4. The second-order valence-corrected chi connectivity index (χ2v) is 7.64. The van der Waals surface area contributed by atoms with Gasteiger partial charge in [-0.2, -0.15) is 0 Å². The number of aryl methyl sites for hydroxylation is 2. The Morgan fingerprint density at radius 1 is 1.19 bits per heavy atom. The van der Waals surface area contributed by atoms with Gasteiger partial charge in [-0.05, 0) is 49.2 Å². The maximum Gasteiger partial charge on any atom is 0.240 e. The highest BCUT2D eigenvalue weighted by atomic mass is 35.5. The van der Waals surface area contributed by atoms with E-state index < -0.39 is 5.25 Å². The number of hydrogen-bond donors (Lipinski definition) is 2. The van der Waals surface area contributed by atoms with E-state index in [4.69, 9.17) is 11.6 Å². The number of thioether (sulfide) groups is 1. The topological polar surface area (TPSA) is 70.6 Å². The molecule has 0 bridgehead atoms. The van der Waals surface area contributed by atoms with Gasteiger partial charge in [0.1, 0.15) is 5.25 Å². The Kier molecular flexibility index (Phi) is 5.64. The number of nitrogens with zero attached hydrogens (tertiary/aromatic N) is 1. The quantitative estimate of drug-likeness (QED) is 0.825. The van der Waals surface area contributed by atoms with Crippen LogP contribution in [0.5, 0.6) is 0 Å². The molecule has 1 fully saturated rings. The molecule has 1 aliphatic heterocycles. The number of para-hydroxylation sites is 1. The number of halogens is 1. The Labute approximate surface area is 161 Å². The Bertz CT molecular complexity index is 861. The van der Waals surface area contributed by atoms with Crippen LogP contribution in [0.15, 0.2) is 47.5 Å². The first-order valence-electron chi connectivity index (χ1n) is 8.10. The first kappa shape index (κ1) is 18.5. The van der Waals surface area contributed by atoms with E-state index in [9.17, 15) is 9.59 Å². The van der Waals surface area contributed by atoms with Crippen molar-refractivity contribution >= 4 is 51.7 Å². The zero-order chi connectivity index (χ0) is 18.7. The molecule has 0 radical (unpaired) electrons. The molecule has 0 aromatic heterocycles. The van der Waals surface area contributed by atoms with Crippen molar-refractivity contribution in [3.63, 3.8) is 0 Å². The molecule has 1 aliphatic rings. The monoisotopic (exact) mass is 387 g/mol. The van der Waals surface area contributed by atoms with Crippen molar-refractivity contribution < 1.29 is 9.59 Å². The van der Waals surface area contributed by atoms with E-state index in [0.29, 0.717) is 15.9 Å². The van der Waals surface area contributed by atoms with Gasteiger partial charge in [-0.15, -0.1) is 0 Å². The second kappa shape index (κ2) is 7.93. The molecule has 1 atom stereocenters. The van der Waals surface area contributed by atoms with Crippen molar-refractivity contribution in [3.8, 4) is 0 Å². The Morgan fingerprint density at radius 2 is 1.85 bits per heavy atom. The maximum atomic E-state index is 12.4. The van der Waals surface area contributed by atoms with Crippen molar-refractivity contribution in [3.05, 3.63) is 58.6 Å². The van der Waals surface area contributed by atoms with E-state index in [1.807, 2.05) is 32.0 Å². The molecule has 2 amide bonds. The molecule has 2 aromatic carbocycles. The lowest BCUT2D eigenvalue weighted by Gasteiger charge is -2.12. The summed E-state index contributed by atoms with van der Waals surface area (Å²) in [6.07, 6.45) is 0.0872. The highest BCUT2D eigenvalue weighted by Gasteiger charge is 2.32. The molecule has 26 heavy (non-hydrogen) atoms. The van der Waals surface area contributed by atoms with Crippen molar-refractivity contribution in [1.29, 1.82) is 0 Å². The summed E-state index contributed by atoms with van der Waals surface area (Å²) in [7, 11) is 0. The highest BCUT2D eigenvalue weighted by molar-refractivity contribution is 8.15. The summed E-state index contributed by atoms with van der Waals surface area (Å²) in [5.74, 6) is -0.401. The average molecular weight is 388 g/mol. The third kappa shape index (κ3) is 4.45. The van der Waals surface area contributed by atoms with Crippen LogP contribution >= 0.6 is 23.4 Å². The van der Waals surface area contributed by atoms with Crippen LogP contribution < -0.4 is 10.6 Å². The lowest BCUT2D eigenvalue weighted by Crippen LogP contribution is -2.28. The van der Waals surface area contributed by atoms with Crippen LogP contribution in [0.4, 0.5) is 11.4 Å². The van der Waals surface area contributed by atoms with Crippen LogP contribution in [0.1, 0.15) is 17.5 Å². The molecule has 2 aromatic rings. The summed E-state index contributed by atoms with van der Waals surface area (Å²) in [6, 6.07) is 12.8. The molecule has 0 spiro atoms. The van der Waals surface area contributed by atoms with Gasteiger partial charge in [-0.25, -0.2) is 4.99 Å². The number of amides is 2. The second-order valence-electron chi connectivity index (χ2n) is 6.01. The number of amidine groups is 1. The molecule has 2 N–H and O–H groups in total. The number of carbonyl (C=O) groups excluding carboxylic acids is 2. The van der Waals surface area contributed by atoms with Gasteiger partial charge in [0.2, 0.25) is 11.8 Å². The summed E-state index contributed by atoms with van der Waals surface area (Å²) in [5, 5.41) is 6.25. The van der Waals surface area contributed by atoms with Crippen LogP contribution in [0.2, 0.25) is 5.02 Å². The Morgan fingerprint density at radius 3 is 2.50 bits per heavy atom. The molecule has 3 rings (SSSR count). The van der Waals surface area contributed by atoms with Gasteiger partial charge in [-0.3, -0.25) is 9.59 Å². The van der Waals surface area contributed by atoms with E-state index in [2.05, 4.69) is 15.6 Å². The van der Waals surface area contributed by atoms with E-state index >= 15 is 0 Å². The van der Waals surface area contributed by atoms with Crippen molar-refractivity contribution in [2.45, 2.75) is 25.5 Å². The number of benzene rings is 2. The highest BCUT2D eigenvalue weighted by Crippen LogP contribution is 2.27. The number of carbonyl (C=O) groups is 2. The fourth-order valence-electron chi connectivity index (χ4n) is 2.60. The summed E-state index contributed by atoms with van der Waals surface area (Å²) < 4.78 is 0. The Balaban J connectivity index is 1.64. The SMILES string of the molecule is Cc1cccc(C)c1NC(=O)CC1SC(=Nc2ccc(Cl)cc2)NC1=O. The molecule has 0 aliphatic carbocycles. The average Bonchev–Trinajstić information content (AvgIpc) is 2.92. The minimum atomic E-state index is -0.495. The lowest BCUT2D eigenvalue weighted by atomic mass is 10.1. The molecule has 7 heteroatoms. The van der Waals surface area contributed by atoms with Gasteiger partial charge >= 0.3 is 0 Å². The van der Waals surface area contributed by atoms with Gasteiger partial charge in [0.15, 0.2) is 5.17 Å². The molecule has 1 unspecified atom stereocenters. The third-order valence-corrected chi connectivity index (χ3v) is 5.28. The number of aliphatic imine (C=N–C) groups is 1. The summed E-state index contributed by atoms with van der Waals surface area (Å²) >= 11 is 7.11. The van der Waals surface area contributed by atoms with Gasteiger partial charge < -0.3 is 10.6 Å². The minimum absolute atomic E-state index is 0.0872. The van der Waals surface area contributed by atoms with Crippen molar-refractivity contribution in [1.82, 2.24) is 5.32 Å². The predicted molar refractivity (Wildman–Crippen MR) is 107 cm³/mol. The fourth-order valence-corrected chi connectivity index (χ4v) is 3.71. The first-order valence-corrected chi connectivity index (χ1v) is 9.36. The largest absolute Gasteiger partial charge is 0.326 e. The lowest BCUT2D eigenvalue weighted by molar-refractivity contribution is -0.122. The number of anilines is 1. The van der Waals surface area contributed by atoms with Gasteiger partial charge in [0.05, 0.1) is 5.69 Å². The van der Waals surface area contributed by atoms with Crippen molar-refractivity contribution in [2.24, 2.45) is 4.99 Å². The maximum absolute atomic E-state index is 12.4. The molecule has 1 heterocycles. The normalized spacial score (nSPS) is 18.0. The van der Waals surface area contributed by atoms with Crippen LogP contribution in [-0.2, 0) is 9.59 Å². The summed E-state index contributed by atoms with van der Waals surface area (Å²) in [4.78, 5) is 28.9. The molecule has 0 saturated carbocycles. The molecule has 134 valence electrons. The third-order valence-electron chi connectivity index (χ3n) is 3.95. The zero-order valence-corrected chi connectivity index (χ0v) is 15.9. The van der Waals surface area contributed by atoms with Crippen LogP contribution in [-0.4, -0.2) is 22.2 Å². The predicted octanol–water partition coefficient (Wildman–Crippen LogP) is 4.20. The zero-order valence-electron chi connectivity index (χ0n) is 14.4. The standard InChI is InChI=1S/C19H18ClN3O2S/c1-11-4-3-5-12(2)17(11)22-16(24)10-15-18(25)23-19(26-15)21-14-8-6-13(20)7-9-14/h3-9,15H,10H2,1-2H3,(H,22,24)(H,21,23,25). The number of nitrogens with one attached hydrogen (secondary N) is 2. The minimum Gasteiger partial charge on any atom is -0.326 e. The number of hydrogen-bond acceptors (Lipinski definition) is 4. The Hall–Kier alpha value is -2.31. The van der Waals surface area contributed by atoms with Crippen LogP contribution in [0.3, 0.4) is 0 Å². The van der Waals surface area contributed by atoms with E-state index in [0.717, 1.165) is 16.8 Å². The number of rotatable bonds is 4. The van der Waals surface area contributed by atoms with E-state index in [1.54, 1.807) is 24.3 Å². The van der Waals surface area contributed by atoms with Gasteiger partial charge in [-0.1, -0.05) is 41.6 Å². The van der Waals surface area contributed by atoms with E-state index in [1.165, 1.54) is 11.8 Å². The van der Waals surface area contributed by atoms with Crippen LogP contribution in [0.25, 0.3) is 0 Å². The van der Waals surface area contributed by atoms with Crippen molar-refractivity contribution in [2.75, 3.05) is 5.32 Å².